The van der Waals surface area contributed by atoms with Crippen molar-refractivity contribution < 1.29 is 18.4 Å². The van der Waals surface area contributed by atoms with Gasteiger partial charge < -0.3 is 0 Å². The van der Waals surface area contributed by atoms with Gasteiger partial charge in [-0.15, -0.1) is 0 Å². The first-order valence-electron chi connectivity index (χ1n) is 1.43. The minimum Gasteiger partial charge on any atom is -0.229 e. The van der Waals surface area contributed by atoms with Crippen LogP contribution in [0.4, 0.5) is 0 Å². The molecule has 0 aliphatic carbocycles. The summed E-state index contributed by atoms with van der Waals surface area (Å²) in [5.74, 6) is 0. The maximum Gasteiger partial charge on any atom is 0.359 e. The largest absolute Gasteiger partial charge is 0.359 e. The van der Waals surface area contributed by atoms with Gasteiger partial charge in [0.25, 0.3) is 0.849 Å². The van der Waals surface area contributed by atoms with Gasteiger partial charge in [-0.2, -0.15) is 0 Å². The molecule has 0 spiro atoms. The van der Waals surface area contributed by atoms with Crippen LogP contribution in [0.3, 0.4) is 0 Å². The number of hydrogen-bond donors (Lipinski definition) is 0. The van der Waals surface area contributed by atoms with Crippen LogP contribution < -0.4 is 0 Å². The standard InChI is InChI=1S/I3O6P/c4-1(5)10(2(6)7)3(8)9. The van der Waals surface area contributed by atoms with Crippen molar-refractivity contribution in [3.63, 3.8) is 0 Å². The van der Waals surface area contributed by atoms with Crippen molar-refractivity contribution in [2.45, 2.75) is 0 Å². The van der Waals surface area contributed by atoms with E-state index < -0.39 is 58.6 Å². The molecule has 0 aromatic carbocycles. The summed E-state index contributed by atoms with van der Waals surface area (Å²) in [6, 6.07) is 0. The summed E-state index contributed by atoms with van der Waals surface area (Å²) < 4.78 is 57.5. The fourth-order valence-corrected chi connectivity index (χ4v) is 17.2. The van der Waals surface area contributed by atoms with Crippen LogP contribution in [0.5, 0.6) is 0 Å². The van der Waals surface area contributed by atoms with Gasteiger partial charge in [-0.1, -0.05) is 0 Å². The highest BCUT2D eigenvalue weighted by atomic mass is 127. The minimum absolute atomic E-state index is 2.60. The highest BCUT2D eigenvalue weighted by molar-refractivity contribution is 14.5. The molecule has 0 aliphatic rings. The molecule has 0 fully saturated rings. The van der Waals surface area contributed by atoms with Gasteiger partial charge in [0, 0.05) is 0 Å². The second-order valence-corrected chi connectivity index (χ2v) is 35.5. The average molecular weight is 508 g/mol. The van der Waals surface area contributed by atoms with Gasteiger partial charge in [0.1, 0.15) is 0 Å². The molecule has 0 unspecified atom stereocenters. The lowest BCUT2D eigenvalue weighted by Gasteiger charge is -1.76. The van der Waals surface area contributed by atoms with E-state index in [4.69, 9.17) is 0 Å². The molecule has 0 heterocycles. The Morgan fingerprint density at radius 3 is 0.800 bits per heavy atom. The van der Waals surface area contributed by atoms with Gasteiger partial charge in [0.15, 0.2) is 0 Å². The van der Waals surface area contributed by atoms with Crippen LogP contribution in [0.15, 0.2) is 0 Å². The Morgan fingerprint density at radius 2 is 0.800 bits per heavy atom. The molecule has 0 N–H and O–H groups in total. The predicted octanol–water partition coefficient (Wildman–Crippen LogP) is 2.81. The summed E-state index contributed by atoms with van der Waals surface area (Å²) in [6.45, 7) is 0. The molecule has 0 radical (unpaired) electrons. The molecule has 0 aromatic heterocycles. The Bertz CT molecular complexity index is 240. The Labute approximate surface area is 75.7 Å². The van der Waals surface area contributed by atoms with E-state index in [0.717, 1.165) is 0 Å². The molecule has 0 atom stereocenters. The number of halogens is 3. The molecule has 0 rings (SSSR count). The maximum absolute atomic E-state index is 10.0. The lowest BCUT2D eigenvalue weighted by Crippen LogP contribution is -1.32. The second-order valence-electron chi connectivity index (χ2n) is 0.795. The predicted molar refractivity (Wildman–Crippen MR) is 53.1 cm³/mol. The minimum atomic E-state index is -4.11. The van der Waals surface area contributed by atoms with Crippen molar-refractivity contribution in [2.24, 2.45) is 0 Å². The van der Waals surface area contributed by atoms with Crippen molar-refractivity contribution in [3.8, 4) is 0 Å². The molecule has 0 saturated carbocycles. The molecule has 10 heavy (non-hydrogen) atoms. The van der Waals surface area contributed by atoms with E-state index in [-0.39, 0.29) is 0 Å². The van der Waals surface area contributed by atoms with Gasteiger partial charge in [-0.05, 0) is 0 Å². The fraction of sp³-hybridized carbons (Fsp3) is 0. The number of hydrogen-bond acceptors (Lipinski definition) is 6. The summed E-state index contributed by atoms with van der Waals surface area (Å²) in [5, 5.41) is 0. The van der Waals surface area contributed by atoms with Gasteiger partial charge in [-0.25, -0.2) is 18.4 Å². The van der Waals surface area contributed by atoms with Crippen molar-refractivity contribution in [1.29, 1.82) is 0 Å². The van der Waals surface area contributed by atoms with Crippen LogP contribution in [0.1, 0.15) is 0 Å². The molecule has 0 aliphatic heterocycles. The normalized spacial score (nSPS) is 12.0. The molecular weight excluding hydrogens is 508 g/mol. The first-order chi connectivity index (χ1) is 4.46. The van der Waals surface area contributed by atoms with Crippen LogP contribution in [-0.2, 0) is 18.4 Å². The van der Waals surface area contributed by atoms with E-state index in [1.807, 2.05) is 0 Å². The third-order valence-corrected chi connectivity index (χ3v) is 42.3. The Balaban J connectivity index is 4.97. The van der Waals surface area contributed by atoms with E-state index in [1.54, 1.807) is 0 Å². The van der Waals surface area contributed by atoms with Crippen LogP contribution in [0, 0.1) is 0 Å². The topological polar surface area (TPSA) is 102 Å². The molecule has 0 bridgehead atoms. The average Bonchev–Trinajstić information content (AvgIpc) is 1.59. The second kappa shape index (κ2) is 5.13. The summed E-state index contributed by atoms with van der Waals surface area (Å²) in [4.78, 5) is 0. The lowest BCUT2D eigenvalue weighted by molar-refractivity contribution is 0.611. The Kier molecular flexibility index (Phi) is 5.86. The highest BCUT2D eigenvalue weighted by Gasteiger charge is 2.28. The zero-order chi connectivity index (χ0) is 8.31. The van der Waals surface area contributed by atoms with Gasteiger partial charge in [0.05, 0.1) is 0 Å². The zero-order valence-corrected chi connectivity index (χ0v) is 11.4. The third-order valence-electron chi connectivity index (χ3n) is 0.313. The highest BCUT2D eigenvalue weighted by Crippen LogP contribution is 2.79. The van der Waals surface area contributed by atoms with Crippen molar-refractivity contribution in [3.05, 3.63) is 0 Å². The smallest absolute Gasteiger partial charge is 0.229 e. The van der Waals surface area contributed by atoms with Gasteiger partial charge in [0.2, 0.25) is 0 Å². The van der Waals surface area contributed by atoms with E-state index in [2.05, 4.69) is 0 Å². The van der Waals surface area contributed by atoms with Crippen molar-refractivity contribution >= 4 is 58.6 Å². The van der Waals surface area contributed by atoms with Crippen molar-refractivity contribution in [1.82, 2.24) is 0 Å². The van der Waals surface area contributed by atoms with E-state index >= 15 is 0 Å². The summed E-state index contributed by atoms with van der Waals surface area (Å²) in [7, 11) is 0. The van der Waals surface area contributed by atoms with E-state index in [0.29, 0.717) is 0 Å². The molecule has 0 amide bonds. The summed E-state index contributed by atoms with van der Waals surface area (Å²) >= 11 is -12.3. The van der Waals surface area contributed by atoms with Gasteiger partial charge >= 0.3 is 57.7 Å². The van der Waals surface area contributed by atoms with Crippen LogP contribution >= 0.6 is 58.6 Å². The van der Waals surface area contributed by atoms with E-state index in [9.17, 15) is 18.4 Å². The SMILES string of the molecule is O=I(=O)P(I(=O)=O)I(=O)=O. The first-order valence-corrected chi connectivity index (χ1v) is 16.4. The van der Waals surface area contributed by atoms with Crippen LogP contribution in [0.2, 0.25) is 0 Å². The molecule has 0 aromatic rings. The third kappa shape index (κ3) is 3.71. The van der Waals surface area contributed by atoms with Crippen LogP contribution in [0.25, 0.3) is 0 Å². The molecule has 10 heteroatoms. The monoisotopic (exact) mass is 508 g/mol. The van der Waals surface area contributed by atoms with Gasteiger partial charge in [-0.3, -0.25) is 0 Å². The maximum atomic E-state index is 10.0. The Morgan fingerprint density at radius 1 is 0.600 bits per heavy atom. The fourth-order valence-electron chi connectivity index (χ4n) is 0.128. The summed E-state index contributed by atoms with van der Waals surface area (Å²) in [6.07, 6.45) is 0. The molecule has 6 nitrogen and oxygen atoms in total. The van der Waals surface area contributed by atoms with Crippen molar-refractivity contribution in [2.75, 3.05) is 0 Å². The molecule has 62 valence electrons. The van der Waals surface area contributed by atoms with E-state index in [1.165, 1.54) is 0 Å². The number of rotatable bonds is 3. The summed E-state index contributed by atoms with van der Waals surface area (Å²) in [5.41, 5.74) is 0. The zero-order valence-electron chi connectivity index (χ0n) is 4.03. The first kappa shape index (κ1) is 11.4. The Hall–Kier alpha value is 1.42. The molecular formula is I3O6P. The van der Waals surface area contributed by atoms with Crippen LogP contribution in [-0.4, -0.2) is 0 Å². The lowest BCUT2D eigenvalue weighted by atomic mass is 16.0. The quantitative estimate of drug-likeness (QED) is 0.430. The molecule has 0 saturated heterocycles.